The summed E-state index contributed by atoms with van der Waals surface area (Å²) in [5, 5.41) is 5.71. The van der Waals surface area contributed by atoms with E-state index >= 15 is 0 Å². The smallest absolute Gasteiger partial charge is 0.253 e. The molecule has 182 valence electrons. The summed E-state index contributed by atoms with van der Waals surface area (Å²) in [6, 6.07) is 12.2. The minimum atomic E-state index is -3.36. The maximum absolute atomic E-state index is 13.0. The number of carbonyl (C=O) groups excluding carboxylic acids is 2. The van der Waals surface area contributed by atoms with E-state index in [1.54, 1.807) is 30.3 Å². The summed E-state index contributed by atoms with van der Waals surface area (Å²) >= 11 is 0. The molecule has 0 aliphatic carbocycles. The summed E-state index contributed by atoms with van der Waals surface area (Å²) in [6.07, 6.45) is 1.76. The van der Waals surface area contributed by atoms with Gasteiger partial charge in [-0.3, -0.25) is 9.59 Å². The average molecular weight is 488 g/mol. The molecule has 2 aromatic carbocycles. The molecule has 10 heteroatoms. The van der Waals surface area contributed by atoms with Gasteiger partial charge in [-0.25, -0.2) is 12.7 Å². The molecular weight excluding hydrogens is 458 g/mol. The van der Waals surface area contributed by atoms with E-state index in [0.29, 0.717) is 48.6 Å². The Morgan fingerprint density at radius 2 is 1.91 bits per heavy atom. The van der Waals surface area contributed by atoms with E-state index in [1.165, 1.54) is 4.31 Å². The Hall–Kier alpha value is -3.11. The number of amides is 2. The predicted molar refractivity (Wildman–Crippen MR) is 127 cm³/mol. The van der Waals surface area contributed by atoms with Crippen LogP contribution in [0.5, 0.6) is 11.5 Å². The first-order chi connectivity index (χ1) is 16.4. The number of anilines is 1. The van der Waals surface area contributed by atoms with E-state index in [1.807, 2.05) is 19.1 Å². The van der Waals surface area contributed by atoms with Crippen molar-refractivity contribution in [2.75, 3.05) is 31.0 Å². The zero-order chi connectivity index (χ0) is 24.1. The molecule has 2 aromatic rings. The predicted octanol–water partition coefficient (Wildman–Crippen LogP) is 2.74. The van der Waals surface area contributed by atoms with Gasteiger partial charge in [0.1, 0.15) is 0 Å². The third-order valence-corrected chi connectivity index (χ3v) is 7.97. The Labute approximate surface area is 199 Å². The molecule has 1 unspecified atom stereocenters. The zero-order valence-corrected chi connectivity index (χ0v) is 19.9. The Bertz CT molecular complexity index is 1170. The fraction of sp³-hybridized carbons (Fsp3) is 0.417. The number of nitrogens with one attached hydrogen (secondary N) is 2. The maximum Gasteiger partial charge on any atom is 0.253 e. The van der Waals surface area contributed by atoms with Gasteiger partial charge >= 0.3 is 0 Å². The minimum absolute atomic E-state index is 0.0771. The second-order valence-corrected chi connectivity index (χ2v) is 10.5. The molecule has 2 aliphatic rings. The molecule has 2 amide bonds. The van der Waals surface area contributed by atoms with Crippen molar-refractivity contribution in [1.29, 1.82) is 0 Å². The van der Waals surface area contributed by atoms with Crippen LogP contribution in [0.3, 0.4) is 0 Å². The van der Waals surface area contributed by atoms with Gasteiger partial charge in [0.25, 0.3) is 5.91 Å². The third kappa shape index (κ3) is 5.51. The van der Waals surface area contributed by atoms with Gasteiger partial charge in [-0.15, -0.1) is 0 Å². The number of sulfonamides is 1. The van der Waals surface area contributed by atoms with Gasteiger partial charge < -0.3 is 20.1 Å². The van der Waals surface area contributed by atoms with E-state index in [-0.39, 0.29) is 37.4 Å². The quantitative estimate of drug-likeness (QED) is 0.592. The Balaban J connectivity index is 1.39. The SMILES string of the molecule is CCCS(=O)(=O)N1CCCC(C(=O)Nc2ccccc2C(=O)NCc2ccc3c(c2)OCO3)C1. The third-order valence-electron chi connectivity index (χ3n) is 5.93. The summed E-state index contributed by atoms with van der Waals surface area (Å²) in [4.78, 5) is 25.9. The largest absolute Gasteiger partial charge is 0.454 e. The van der Waals surface area contributed by atoms with E-state index in [4.69, 9.17) is 9.47 Å². The Morgan fingerprint density at radius 1 is 1.12 bits per heavy atom. The van der Waals surface area contributed by atoms with Gasteiger partial charge in [0.05, 0.1) is 22.9 Å². The maximum atomic E-state index is 13.0. The van der Waals surface area contributed by atoms with Crippen molar-refractivity contribution in [3.05, 3.63) is 53.6 Å². The fourth-order valence-corrected chi connectivity index (χ4v) is 5.74. The molecule has 0 spiro atoms. The van der Waals surface area contributed by atoms with E-state index in [2.05, 4.69) is 10.6 Å². The highest BCUT2D eigenvalue weighted by Crippen LogP contribution is 2.32. The van der Waals surface area contributed by atoms with Crippen molar-refractivity contribution in [3.63, 3.8) is 0 Å². The molecule has 1 atom stereocenters. The Kier molecular flexibility index (Phi) is 7.38. The van der Waals surface area contributed by atoms with Crippen molar-refractivity contribution in [1.82, 2.24) is 9.62 Å². The van der Waals surface area contributed by atoms with Crippen LogP contribution in [0.4, 0.5) is 5.69 Å². The highest BCUT2D eigenvalue weighted by molar-refractivity contribution is 7.89. The zero-order valence-electron chi connectivity index (χ0n) is 19.1. The lowest BCUT2D eigenvalue weighted by Gasteiger charge is -2.31. The molecule has 0 saturated carbocycles. The lowest BCUT2D eigenvalue weighted by Crippen LogP contribution is -2.44. The number of benzene rings is 2. The molecular formula is C24H29N3O6S. The van der Waals surface area contributed by atoms with Crippen molar-refractivity contribution in [3.8, 4) is 11.5 Å². The van der Waals surface area contributed by atoms with Crippen LogP contribution in [-0.4, -0.2) is 50.2 Å². The molecule has 9 nitrogen and oxygen atoms in total. The summed E-state index contributed by atoms with van der Waals surface area (Å²) in [5.41, 5.74) is 1.58. The number of fused-ring (bicyclic) bond motifs is 1. The first kappa shape index (κ1) is 24.0. The second kappa shape index (κ2) is 10.4. The topological polar surface area (TPSA) is 114 Å². The van der Waals surface area contributed by atoms with Crippen molar-refractivity contribution < 1.29 is 27.5 Å². The summed E-state index contributed by atoms with van der Waals surface area (Å²) < 4.78 is 36.9. The summed E-state index contributed by atoms with van der Waals surface area (Å²) in [6.45, 7) is 2.88. The van der Waals surface area contributed by atoms with E-state index in [9.17, 15) is 18.0 Å². The van der Waals surface area contributed by atoms with Crippen molar-refractivity contribution in [2.45, 2.75) is 32.7 Å². The molecule has 2 heterocycles. The van der Waals surface area contributed by atoms with Gasteiger partial charge in [0, 0.05) is 19.6 Å². The number of rotatable bonds is 8. The number of ether oxygens (including phenoxy) is 2. The number of hydrogen-bond acceptors (Lipinski definition) is 6. The molecule has 2 aliphatic heterocycles. The van der Waals surface area contributed by atoms with Crippen LogP contribution < -0.4 is 20.1 Å². The van der Waals surface area contributed by atoms with Gasteiger partial charge in [0.15, 0.2) is 11.5 Å². The molecule has 0 radical (unpaired) electrons. The monoisotopic (exact) mass is 487 g/mol. The van der Waals surface area contributed by atoms with Crippen LogP contribution >= 0.6 is 0 Å². The van der Waals surface area contributed by atoms with Crippen LogP contribution in [-0.2, 0) is 21.4 Å². The molecule has 0 bridgehead atoms. The number of hydrogen-bond donors (Lipinski definition) is 2. The molecule has 0 aromatic heterocycles. The number of carbonyl (C=O) groups is 2. The lowest BCUT2D eigenvalue weighted by molar-refractivity contribution is -0.120. The van der Waals surface area contributed by atoms with Gasteiger partial charge in [-0.05, 0) is 49.1 Å². The van der Waals surface area contributed by atoms with Crippen LogP contribution in [0.25, 0.3) is 0 Å². The van der Waals surface area contributed by atoms with Gasteiger partial charge in [0.2, 0.25) is 22.7 Å². The Morgan fingerprint density at radius 3 is 2.74 bits per heavy atom. The van der Waals surface area contributed by atoms with Crippen LogP contribution in [0.1, 0.15) is 42.1 Å². The van der Waals surface area contributed by atoms with E-state index < -0.39 is 15.9 Å². The average Bonchev–Trinajstić information content (AvgIpc) is 3.31. The minimum Gasteiger partial charge on any atom is -0.454 e. The molecule has 2 N–H and O–H groups in total. The summed E-state index contributed by atoms with van der Waals surface area (Å²) in [7, 11) is -3.36. The molecule has 34 heavy (non-hydrogen) atoms. The molecule has 1 fully saturated rings. The number of piperidine rings is 1. The fourth-order valence-electron chi connectivity index (χ4n) is 4.15. The second-order valence-electron chi connectivity index (χ2n) is 8.42. The first-order valence-electron chi connectivity index (χ1n) is 11.4. The highest BCUT2D eigenvalue weighted by atomic mass is 32.2. The van der Waals surface area contributed by atoms with Crippen LogP contribution in [0, 0.1) is 5.92 Å². The number of nitrogens with zero attached hydrogens (tertiary/aromatic N) is 1. The van der Waals surface area contributed by atoms with Crippen LogP contribution in [0.2, 0.25) is 0 Å². The van der Waals surface area contributed by atoms with Crippen LogP contribution in [0.15, 0.2) is 42.5 Å². The normalized spacial score (nSPS) is 17.9. The first-order valence-corrected chi connectivity index (χ1v) is 13.0. The molecule has 1 saturated heterocycles. The van der Waals surface area contributed by atoms with Gasteiger partial charge in [-0.2, -0.15) is 0 Å². The van der Waals surface area contributed by atoms with E-state index in [0.717, 1.165) is 5.56 Å². The lowest BCUT2D eigenvalue weighted by atomic mass is 9.98. The van der Waals surface area contributed by atoms with Gasteiger partial charge in [-0.1, -0.05) is 25.1 Å². The summed E-state index contributed by atoms with van der Waals surface area (Å²) in [5.74, 6) is 0.309. The van der Waals surface area contributed by atoms with Crippen molar-refractivity contribution in [2.24, 2.45) is 5.92 Å². The standard InChI is InChI=1S/C24H29N3O6S/c1-2-12-34(30,31)27-11-5-6-18(15-27)23(28)26-20-8-4-3-7-19(20)24(29)25-14-17-9-10-21-22(13-17)33-16-32-21/h3-4,7-10,13,18H,2,5-6,11-12,14-16H2,1H3,(H,25,29)(H,26,28). The highest BCUT2D eigenvalue weighted by Gasteiger charge is 2.32. The molecule has 4 rings (SSSR count). The number of para-hydroxylation sites is 1. The van der Waals surface area contributed by atoms with Crippen molar-refractivity contribution >= 4 is 27.5 Å².